The van der Waals surface area contributed by atoms with E-state index in [1.807, 2.05) is 0 Å². The first-order valence-corrected chi connectivity index (χ1v) is 7.59. The van der Waals surface area contributed by atoms with Crippen molar-refractivity contribution in [1.82, 2.24) is 15.1 Å². The van der Waals surface area contributed by atoms with Crippen molar-refractivity contribution in [3.8, 4) is 0 Å². The monoisotopic (exact) mass is 237 g/mol. The van der Waals surface area contributed by atoms with E-state index in [-0.39, 0.29) is 0 Å². The molecule has 2 heterocycles. The van der Waals surface area contributed by atoms with Gasteiger partial charge in [-0.1, -0.05) is 0 Å². The average molecular weight is 237 g/mol. The van der Waals surface area contributed by atoms with Crippen LogP contribution in [-0.2, 0) is 0 Å². The zero-order valence-corrected chi connectivity index (χ0v) is 11.0. The standard InChI is InChI=1S/C14H27N3/c1-2-13(12-15-6-1)5-7-16-8-10-17(11-9-16)14-3-4-14/h13-15H,1-12H2. The third-order valence-electron chi connectivity index (χ3n) is 4.72. The van der Waals surface area contributed by atoms with Gasteiger partial charge in [0.15, 0.2) is 0 Å². The lowest BCUT2D eigenvalue weighted by molar-refractivity contribution is 0.119. The van der Waals surface area contributed by atoms with Crippen molar-refractivity contribution >= 4 is 0 Å². The highest BCUT2D eigenvalue weighted by Crippen LogP contribution is 2.27. The lowest BCUT2D eigenvalue weighted by atomic mass is 9.96. The van der Waals surface area contributed by atoms with Gasteiger partial charge >= 0.3 is 0 Å². The molecule has 3 heteroatoms. The van der Waals surface area contributed by atoms with Crippen LogP contribution in [0.15, 0.2) is 0 Å². The lowest BCUT2D eigenvalue weighted by Crippen LogP contribution is -2.47. The Labute approximate surface area is 106 Å². The van der Waals surface area contributed by atoms with E-state index in [0.717, 1.165) is 12.0 Å². The molecule has 3 nitrogen and oxygen atoms in total. The molecule has 0 amide bonds. The highest BCUT2D eigenvalue weighted by atomic mass is 15.3. The van der Waals surface area contributed by atoms with Crippen LogP contribution in [0.5, 0.6) is 0 Å². The number of hydrogen-bond acceptors (Lipinski definition) is 3. The summed E-state index contributed by atoms with van der Waals surface area (Å²) in [5, 5.41) is 3.53. The topological polar surface area (TPSA) is 18.5 Å². The van der Waals surface area contributed by atoms with E-state index < -0.39 is 0 Å². The van der Waals surface area contributed by atoms with Crippen LogP contribution in [0.1, 0.15) is 32.1 Å². The number of piperidine rings is 1. The summed E-state index contributed by atoms with van der Waals surface area (Å²) in [6.07, 6.45) is 7.19. The van der Waals surface area contributed by atoms with E-state index in [4.69, 9.17) is 0 Å². The molecule has 98 valence electrons. The fourth-order valence-corrected chi connectivity index (χ4v) is 3.33. The van der Waals surface area contributed by atoms with Gasteiger partial charge in [0.2, 0.25) is 0 Å². The van der Waals surface area contributed by atoms with Crippen LogP contribution in [0.2, 0.25) is 0 Å². The Kier molecular flexibility index (Phi) is 3.99. The van der Waals surface area contributed by atoms with Gasteiger partial charge in [0, 0.05) is 32.2 Å². The maximum Gasteiger partial charge on any atom is 0.0113 e. The SMILES string of the molecule is C1CNCC(CCN2CCN(C3CC3)CC2)C1. The zero-order valence-electron chi connectivity index (χ0n) is 11.0. The van der Waals surface area contributed by atoms with Gasteiger partial charge in [-0.25, -0.2) is 0 Å². The summed E-state index contributed by atoms with van der Waals surface area (Å²) in [7, 11) is 0. The number of hydrogen-bond donors (Lipinski definition) is 1. The lowest BCUT2D eigenvalue weighted by Gasteiger charge is -2.35. The Bertz CT molecular complexity index is 226. The maximum absolute atomic E-state index is 3.53. The third kappa shape index (κ3) is 3.43. The Morgan fingerprint density at radius 3 is 2.47 bits per heavy atom. The van der Waals surface area contributed by atoms with E-state index in [1.54, 1.807) is 0 Å². The van der Waals surface area contributed by atoms with Gasteiger partial charge in [0.1, 0.15) is 0 Å². The summed E-state index contributed by atoms with van der Waals surface area (Å²) in [5.41, 5.74) is 0. The highest BCUT2D eigenvalue weighted by molar-refractivity contribution is 4.87. The van der Waals surface area contributed by atoms with Crippen LogP contribution in [0, 0.1) is 5.92 Å². The van der Waals surface area contributed by atoms with Gasteiger partial charge in [-0.15, -0.1) is 0 Å². The Balaban J connectivity index is 1.32. The fraction of sp³-hybridized carbons (Fsp3) is 1.00. The van der Waals surface area contributed by atoms with E-state index in [2.05, 4.69) is 15.1 Å². The van der Waals surface area contributed by atoms with Crippen molar-refractivity contribution < 1.29 is 0 Å². The van der Waals surface area contributed by atoms with E-state index in [1.165, 1.54) is 77.9 Å². The Morgan fingerprint density at radius 2 is 1.82 bits per heavy atom. The van der Waals surface area contributed by atoms with Gasteiger partial charge in [-0.2, -0.15) is 0 Å². The molecule has 3 fully saturated rings. The van der Waals surface area contributed by atoms with Gasteiger partial charge < -0.3 is 10.2 Å². The number of nitrogens with zero attached hydrogens (tertiary/aromatic N) is 2. The second-order valence-electron chi connectivity index (χ2n) is 6.11. The van der Waals surface area contributed by atoms with Crippen LogP contribution in [0.3, 0.4) is 0 Å². The second-order valence-corrected chi connectivity index (χ2v) is 6.11. The number of nitrogens with one attached hydrogen (secondary N) is 1. The normalized spacial score (nSPS) is 32.8. The van der Waals surface area contributed by atoms with Gasteiger partial charge in [-0.05, 0) is 57.7 Å². The molecule has 1 N–H and O–H groups in total. The molecular weight excluding hydrogens is 210 g/mol. The molecule has 0 radical (unpaired) electrons. The van der Waals surface area contributed by atoms with E-state index in [9.17, 15) is 0 Å². The summed E-state index contributed by atoms with van der Waals surface area (Å²) < 4.78 is 0. The molecule has 1 aliphatic carbocycles. The van der Waals surface area contributed by atoms with Crippen molar-refractivity contribution in [1.29, 1.82) is 0 Å². The average Bonchev–Trinajstić information content (AvgIpc) is 3.23. The summed E-state index contributed by atoms with van der Waals surface area (Å²) in [4.78, 5) is 5.39. The van der Waals surface area contributed by atoms with Gasteiger partial charge in [0.05, 0.1) is 0 Å². The Hall–Kier alpha value is -0.120. The molecule has 0 aromatic heterocycles. The minimum absolute atomic E-state index is 0.949. The molecule has 3 rings (SSSR count). The minimum Gasteiger partial charge on any atom is -0.316 e. The first-order valence-electron chi connectivity index (χ1n) is 7.59. The minimum atomic E-state index is 0.949. The fourth-order valence-electron chi connectivity index (χ4n) is 3.33. The predicted octanol–water partition coefficient (Wildman–Crippen LogP) is 1.16. The van der Waals surface area contributed by atoms with Crippen LogP contribution < -0.4 is 5.32 Å². The van der Waals surface area contributed by atoms with Gasteiger partial charge in [0.25, 0.3) is 0 Å². The first-order chi connectivity index (χ1) is 8.42. The predicted molar refractivity (Wildman–Crippen MR) is 71.2 cm³/mol. The molecular formula is C14H27N3. The third-order valence-corrected chi connectivity index (χ3v) is 4.72. The van der Waals surface area contributed by atoms with Crippen molar-refractivity contribution in [3.05, 3.63) is 0 Å². The molecule has 1 saturated carbocycles. The molecule has 2 aliphatic heterocycles. The van der Waals surface area contributed by atoms with Crippen LogP contribution >= 0.6 is 0 Å². The molecule has 0 bridgehead atoms. The number of rotatable bonds is 4. The molecule has 0 aromatic carbocycles. The van der Waals surface area contributed by atoms with Crippen molar-refractivity contribution in [2.24, 2.45) is 5.92 Å². The maximum atomic E-state index is 3.53. The molecule has 0 aromatic rings. The van der Waals surface area contributed by atoms with Crippen molar-refractivity contribution in [3.63, 3.8) is 0 Å². The summed E-state index contributed by atoms with van der Waals surface area (Å²) in [6.45, 7) is 9.14. The molecule has 3 aliphatic rings. The molecule has 1 atom stereocenters. The molecule has 2 saturated heterocycles. The number of piperazine rings is 1. The molecule has 0 spiro atoms. The largest absolute Gasteiger partial charge is 0.316 e. The van der Waals surface area contributed by atoms with Crippen molar-refractivity contribution in [2.75, 3.05) is 45.8 Å². The van der Waals surface area contributed by atoms with Crippen LogP contribution in [0.4, 0.5) is 0 Å². The van der Waals surface area contributed by atoms with Crippen LogP contribution in [-0.4, -0.2) is 61.7 Å². The van der Waals surface area contributed by atoms with E-state index >= 15 is 0 Å². The smallest absolute Gasteiger partial charge is 0.0113 e. The summed E-state index contributed by atoms with van der Waals surface area (Å²) >= 11 is 0. The Morgan fingerprint density at radius 1 is 1.00 bits per heavy atom. The quantitative estimate of drug-likeness (QED) is 0.791. The van der Waals surface area contributed by atoms with Crippen LogP contribution in [0.25, 0.3) is 0 Å². The van der Waals surface area contributed by atoms with E-state index in [0.29, 0.717) is 0 Å². The first kappa shape index (κ1) is 11.9. The summed E-state index contributed by atoms with van der Waals surface area (Å²) in [6, 6.07) is 0.972. The van der Waals surface area contributed by atoms with Crippen molar-refractivity contribution in [2.45, 2.75) is 38.1 Å². The highest BCUT2D eigenvalue weighted by Gasteiger charge is 2.31. The zero-order chi connectivity index (χ0) is 11.5. The second kappa shape index (κ2) is 5.68. The summed E-state index contributed by atoms with van der Waals surface area (Å²) in [5.74, 6) is 0.949. The van der Waals surface area contributed by atoms with Gasteiger partial charge in [-0.3, -0.25) is 4.90 Å². The molecule has 1 unspecified atom stereocenters. The molecule has 17 heavy (non-hydrogen) atoms.